The number of aromatic nitrogens is 2. The standard InChI is InChI=1S/C20H23N3O4S/c1-5-12(2)23-18(25)15-10-16(28-19(15)22(3)20(23)26)17(24)21-11-13-7-6-8-14(9-13)27-4/h6-10,12H,5,11H2,1-4H3,(H,21,24). The van der Waals surface area contributed by atoms with E-state index in [1.54, 1.807) is 20.2 Å². The number of carbonyl (C=O) groups excluding carboxylic acids is 1. The lowest BCUT2D eigenvalue weighted by molar-refractivity contribution is 0.0955. The number of amides is 1. The zero-order chi connectivity index (χ0) is 20.4. The van der Waals surface area contributed by atoms with Gasteiger partial charge in [0.2, 0.25) is 0 Å². The first kappa shape index (κ1) is 19.9. The largest absolute Gasteiger partial charge is 0.497 e. The first-order valence-electron chi connectivity index (χ1n) is 9.03. The second kappa shape index (κ2) is 8.02. The van der Waals surface area contributed by atoms with Gasteiger partial charge in [-0.2, -0.15) is 0 Å². The Labute approximate surface area is 166 Å². The number of thiophene rings is 1. The molecule has 0 spiro atoms. The number of fused-ring (bicyclic) bond motifs is 1. The van der Waals surface area contributed by atoms with E-state index in [0.717, 1.165) is 16.9 Å². The normalized spacial score (nSPS) is 12.1. The minimum absolute atomic E-state index is 0.208. The number of benzene rings is 1. The molecule has 2 heterocycles. The molecule has 0 radical (unpaired) electrons. The molecule has 2 aromatic heterocycles. The molecule has 1 N–H and O–H groups in total. The van der Waals surface area contributed by atoms with Crippen LogP contribution in [0, 0.1) is 0 Å². The van der Waals surface area contributed by atoms with Crippen LogP contribution in [0.25, 0.3) is 10.2 Å². The van der Waals surface area contributed by atoms with Crippen LogP contribution in [0.15, 0.2) is 39.9 Å². The Hall–Kier alpha value is -2.87. The predicted molar refractivity (Wildman–Crippen MR) is 110 cm³/mol. The molecular formula is C20H23N3O4S. The number of aryl methyl sites for hydroxylation is 1. The number of nitrogens with zero attached hydrogens (tertiary/aromatic N) is 2. The topological polar surface area (TPSA) is 82.3 Å². The highest BCUT2D eigenvalue weighted by atomic mass is 32.1. The maximum Gasteiger partial charge on any atom is 0.332 e. The second-order valence-electron chi connectivity index (χ2n) is 6.64. The Balaban J connectivity index is 1.92. The van der Waals surface area contributed by atoms with Crippen LogP contribution in [-0.2, 0) is 13.6 Å². The highest BCUT2D eigenvalue weighted by molar-refractivity contribution is 7.20. The van der Waals surface area contributed by atoms with Crippen molar-refractivity contribution >= 4 is 27.5 Å². The number of hydrogen-bond acceptors (Lipinski definition) is 5. The number of hydrogen-bond donors (Lipinski definition) is 1. The van der Waals surface area contributed by atoms with Crippen LogP contribution in [-0.4, -0.2) is 22.2 Å². The summed E-state index contributed by atoms with van der Waals surface area (Å²) in [7, 11) is 3.21. The van der Waals surface area contributed by atoms with Crippen molar-refractivity contribution in [3.63, 3.8) is 0 Å². The fourth-order valence-electron chi connectivity index (χ4n) is 2.98. The van der Waals surface area contributed by atoms with E-state index in [0.29, 0.717) is 33.8 Å². The average Bonchev–Trinajstić information content (AvgIpc) is 3.16. The van der Waals surface area contributed by atoms with Gasteiger partial charge in [0.25, 0.3) is 11.5 Å². The Morgan fingerprint density at radius 2 is 2.04 bits per heavy atom. The van der Waals surface area contributed by atoms with Crippen molar-refractivity contribution in [1.82, 2.24) is 14.5 Å². The SMILES string of the molecule is CCC(C)n1c(=O)c2cc(C(=O)NCc3cccc(OC)c3)sc2n(C)c1=O. The lowest BCUT2D eigenvalue weighted by atomic mass is 10.2. The minimum atomic E-state index is -0.364. The quantitative estimate of drug-likeness (QED) is 0.688. The summed E-state index contributed by atoms with van der Waals surface area (Å²) in [6.45, 7) is 4.09. The first-order chi connectivity index (χ1) is 13.4. The first-order valence-corrected chi connectivity index (χ1v) is 9.85. The van der Waals surface area contributed by atoms with Gasteiger partial charge < -0.3 is 10.1 Å². The van der Waals surface area contributed by atoms with Gasteiger partial charge in [-0.25, -0.2) is 4.79 Å². The maximum atomic E-state index is 12.8. The van der Waals surface area contributed by atoms with Gasteiger partial charge >= 0.3 is 5.69 Å². The van der Waals surface area contributed by atoms with Crippen molar-refractivity contribution in [3.8, 4) is 5.75 Å². The molecule has 8 heteroatoms. The summed E-state index contributed by atoms with van der Waals surface area (Å²) in [6, 6.07) is 8.79. The predicted octanol–water partition coefficient (Wildman–Crippen LogP) is 2.67. The molecule has 3 rings (SSSR count). The Morgan fingerprint density at radius 1 is 1.29 bits per heavy atom. The van der Waals surface area contributed by atoms with Crippen molar-refractivity contribution in [2.75, 3.05) is 7.11 Å². The van der Waals surface area contributed by atoms with Crippen LogP contribution in [0.2, 0.25) is 0 Å². The monoisotopic (exact) mass is 401 g/mol. The fraction of sp³-hybridized carbons (Fsp3) is 0.350. The molecule has 0 saturated carbocycles. The van der Waals surface area contributed by atoms with E-state index in [2.05, 4.69) is 5.32 Å². The van der Waals surface area contributed by atoms with Crippen LogP contribution < -0.4 is 21.3 Å². The Kier molecular flexibility index (Phi) is 5.69. The summed E-state index contributed by atoms with van der Waals surface area (Å²) in [4.78, 5) is 38.9. The van der Waals surface area contributed by atoms with Gasteiger partial charge in [-0.1, -0.05) is 19.1 Å². The van der Waals surface area contributed by atoms with E-state index in [9.17, 15) is 14.4 Å². The van der Waals surface area contributed by atoms with Gasteiger partial charge in [-0.3, -0.25) is 18.7 Å². The molecule has 0 aliphatic carbocycles. The molecule has 148 valence electrons. The number of methoxy groups -OCH3 is 1. The van der Waals surface area contributed by atoms with Gasteiger partial charge in [0.05, 0.1) is 17.4 Å². The summed E-state index contributed by atoms with van der Waals surface area (Å²) in [6.07, 6.45) is 0.665. The summed E-state index contributed by atoms with van der Waals surface area (Å²) in [5, 5.41) is 3.24. The van der Waals surface area contributed by atoms with E-state index < -0.39 is 0 Å². The third-order valence-electron chi connectivity index (χ3n) is 4.80. The number of nitrogens with one attached hydrogen (secondary N) is 1. The molecule has 28 heavy (non-hydrogen) atoms. The van der Waals surface area contributed by atoms with E-state index >= 15 is 0 Å². The molecule has 0 bridgehead atoms. The lowest BCUT2D eigenvalue weighted by Gasteiger charge is -2.13. The Morgan fingerprint density at radius 3 is 2.71 bits per heavy atom. The van der Waals surface area contributed by atoms with Crippen molar-refractivity contribution < 1.29 is 9.53 Å². The molecule has 0 aliphatic heterocycles. The van der Waals surface area contributed by atoms with Gasteiger partial charge in [-0.05, 0) is 37.1 Å². The van der Waals surface area contributed by atoms with Gasteiger partial charge in [0, 0.05) is 19.6 Å². The van der Waals surface area contributed by atoms with Crippen LogP contribution in [0.1, 0.15) is 41.5 Å². The van der Waals surface area contributed by atoms with E-state index in [4.69, 9.17) is 4.74 Å². The molecule has 1 atom stereocenters. The van der Waals surface area contributed by atoms with Crippen LogP contribution in [0.3, 0.4) is 0 Å². The van der Waals surface area contributed by atoms with Crippen LogP contribution in [0.4, 0.5) is 0 Å². The molecule has 3 aromatic rings. The molecule has 1 unspecified atom stereocenters. The smallest absolute Gasteiger partial charge is 0.332 e. The van der Waals surface area contributed by atoms with Gasteiger partial charge in [-0.15, -0.1) is 11.3 Å². The highest BCUT2D eigenvalue weighted by Gasteiger charge is 2.19. The van der Waals surface area contributed by atoms with E-state index in [-0.39, 0.29) is 23.2 Å². The fourth-order valence-corrected chi connectivity index (χ4v) is 4.01. The highest BCUT2D eigenvalue weighted by Crippen LogP contribution is 2.22. The number of carbonyl (C=O) groups is 1. The second-order valence-corrected chi connectivity index (χ2v) is 7.67. The number of ether oxygens (including phenoxy) is 1. The van der Waals surface area contributed by atoms with Gasteiger partial charge in [0.1, 0.15) is 10.6 Å². The third kappa shape index (κ3) is 3.60. The molecule has 7 nitrogen and oxygen atoms in total. The third-order valence-corrected chi connectivity index (χ3v) is 6.01. The molecular weight excluding hydrogens is 378 g/mol. The van der Waals surface area contributed by atoms with E-state index in [1.807, 2.05) is 38.1 Å². The van der Waals surface area contributed by atoms with Crippen LogP contribution >= 0.6 is 11.3 Å². The zero-order valence-corrected chi connectivity index (χ0v) is 17.1. The molecule has 1 amide bonds. The summed E-state index contributed by atoms with van der Waals surface area (Å²) < 4.78 is 7.88. The molecule has 0 saturated heterocycles. The lowest BCUT2D eigenvalue weighted by Crippen LogP contribution is -2.40. The summed E-state index contributed by atoms with van der Waals surface area (Å²) in [5.74, 6) is 0.431. The summed E-state index contributed by atoms with van der Waals surface area (Å²) in [5.41, 5.74) is 0.188. The number of rotatable bonds is 6. The molecule has 1 aromatic carbocycles. The average molecular weight is 401 g/mol. The van der Waals surface area contributed by atoms with Gasteiger partial charge in [0.15, 0.2) is 0 Å². The Bertz CT molecular complexity index is 1140. The van der Waals surface area contributed by atoms with Crippen LogP contribution in [0.5, 0.6) is 5.75 Å². The van der Waals surface area contributed by atoms with Crippen molar-refractivity contribution in [2.45, 2.75) is 32.9 Å². The maximum absolute atomic E-state index is 12.8. The van der Waals surface area contributed by atoms with E-state index in [1.165, 1.54) is 9.13 Å². The van der Waals surface area contributed by atoms with Crippen molar-refractivity contribution in [1.29, 1.82) is 0 Å². The molecule has 0 aliphatic rings. The zero-order valence-electron chi connectivity index (χ0n) is 16.3. The minimum Gasteiger partial charge on any atom is -0.497 e. The molecule has 0 fully saturated rings. The summed E-state index contributed by atoms with van der Waals surface area (Å²) >= 11 is 1.14. The van der Waals surface area contributed by atoms with Crippen molar-refractivity contribution in [2.24, 2.45) is 7.05 Å². The van der Waals surface area contributed by atoms with Crippen molar-refractivity contribution in [3.05, 3.63) is 61.6 Å².